The molecule has 5 nitrogen and oxygen atoms in total. The van der Waals surface area contributed by atoms with Crippen molar-refractivity contribution in [3.05, 3.63) is 44.8 Å². The van der Waals surface area contributed by atoms with E-state index in [1.54, 1.807) is 30.2 Å². The van der Waals surface area contributed by atoms with Crippen LogP contribution in [0.4, 0.5) is 0 Å². The van der Waals surface area contributed by atoms with Crippen molar-refractivity contribution in [3.63, 3.8) is 0 Å². The summed E-state index contributed by atoms with van der Waals surface area (Å²) in [4.78, 5) is 29.2. The molecule has 2 heterocycles. The Hall–Kier alpha value is -1.89. The number of rotatable bonds is 4. The van der Waals surface area contributed by atoms with E-state index in [0.29, 0.717) is 39.7 Å². The van der Waals surface area contributed by atoms with Gasteiger partial charge in [-0.25, -0.2) is 4.79 Å². The number of aryl methyl sites for hydroxylation is 1. The highest BCUT2D eigenvalue weighted by atomic mass is 35.5. The quantitative estimate of drug-likeness (QED) is 0.704. The molecule has 2 aromatic rings. The number of aromatic carboxylic acids is 1. The summed E-state index contributed by atoms with van der Waals surface area (Å²) in [5.74, 6) is -1.05. The Bertz CT molecular complexity index is 1010. The predicted molar refractivity (Wildman–Crippen MR) is 119 cm³/mol. The Morgan fingerprint density at radius 3 is 2.77 bits per heavy atom. The number of carboxylic acids is 1. The molecule has 1 aromatic carbocycles. The van der Waals surface area contributed by atoms with E-state index in [0.717, 1.165) is 36.1 Å². The number of carboxylic acid groups (broad SMARTS) is 1. The van der Waals surface area contributed by atoms with Crippen molar-refractivity contribution in [1.29, 1.82) is 0 Å². The minimum absolute atomic E-state index is 0.0376. The van der Waals surface area contributed by atoms with Crippen molar-refractivity contribution >= 4 is 34.8 Å². The van der Waals surface area contributed by atoms with Crippen LogP contribution in [0.3, 0.4) is 0 Å². The molecule has 160 valence electrons. The first-order valence-electron chi connectivity index (χ1n) is 10.2. The lowest BCUT2D eigenvalue weighted by molar-refractivity contribution is 0.0693. The number of ether oxygens (including phenoxy) is 1. The molecule has 1 aliphatic carbocycles. The molecule has 1 aromatic heterocycles. The molecule has 1 atom stereocenters. The Morgan fingerprint density at radius 2 is 2.10 bits per heavy atom. The number of amides is 1. The van der Waals surface area contributed by atoms with Crippen LogP contribution in [0.5, 0.6) is 0 Å². The van der Waals surface area contributed by atoms with Gasteiger partial charge in [-0.1, -0.05) is 25.4 Å². The van der Waals surface area contributed by atoms with E-state index >= 15 is 0 Å². The van der Waals surface area contributed by atoms with Crippen LogP contribution in [0.1, 0.15) is 57.8 Å². The van der Waals surface area contributed by atoms with E-state index in [1.807, 2.05) is 0 Å². The number of nitrogens with zero attached hydrogens (tertiary/aromatic N) is 1. The van der Waals surface area contributed by atoms with Crippen molar-refractivity contribution in [2.45, 2.75) is 45.6 Å². The van der Waals surface area contributed by atoms with Crippen molar-refractivity contribution < 1.29 is 19.4 Å². The zero-order chi connectivity index (χ0) is 21.6. The molecule has 0 bridgehead atoms. The number of likely N-dealkylation sites (tertiary alicyclic amines) is 1. The fourth-order valence-electron chi connectivity index (χ4n) is 4.50. The maximum atomic E-state index is 13.3. The van der Waals surface area contributed by atoms with E-state index in [2.05, 4.69) is 13.8 Å². The third kappa shape index (κ3) is 3.88. The van der Waals surface area contributed by atoms with Crippen LogP contribution in [0.15, 0.2) is 18.2 Å². The zero-order valence-electron chi connectivity index (χ0n) is 17.5. The maximum Gasteiger partial charge on any atom is 0.337 e. The van der Waals surface area contributed by atoms with Crippen LogP contribution in [-0.2, 0) is 17.6 Å². The normalized spacial score (nSPS) is 20.3. The summed E-state index contributed by atoms with van der Waals surface area (Å²) in [6.45, 7) is 5.51. The lowest BCUT2D eigenvalue weighted by Gasteiger charge is -2.29. The van der Waals surface area contributed by atoms with E-state index in [1.165, 1.54) is 11.3 Å². The molecule has 1 N–H and O–H groups in total. The van der Waals surface area contributed by atoms with Gasteiger partial charge >= 0.3 is 5.97 Å². The lowest BCUT2D eigenvalue weighted by Crippen LogP contribution is -2.30. The minimum atomic E-state index is -0.945. The first kappa shape index (κ1) is 21.3. The van der Waals surface area contributed by atoms with E-state index in [9.17, 15) is 14.7 Å². The maximum absolute atomic E-state index is 13.3. The summed E-state index contributed by atoms with van der Waals surface area (Å²) >= 11 is 7.79. The molecule has 7 heteroatoms. The van der Waals surface area contributed by atoms with Crippen LogP contribution in [0, 0.1) is 5.41 Å². The minimum Gasteiger partial charge on any atom is -0.478 e. The average Bonchev–Trinajstić information content (AvgIpc) is 3.31. The number of hydrogen-bond acceptors (Lipinski definition) is 4. The van der Waals surface area contributed by atoms with Gasteiger partial charge in [-0.2, -0.15) is 0 Å². The Kier molecular flexibility index (Phi) is 5.68. The fraction of sp³-hybridized carbons (Fsp3) is 0.478. The molecule has 0 radical (unpaired) electrons. The highest BCUT2D eigenvalue weighted by Gasteiger charge is 2.35. The number of benzene rings is 1. The number of carbonyl (C=O) groups is 2. The van der Waals surface area contributed by atoms with Crippen molar-refractivity contribution in [2.75, 3.05) is 20.2 Å². The summed E-state index contributed by atoms with van der Waals surface area (Å²) in [5.41, 5.74) is 2.42. The van der Waals surface area contributed by atoms with Gasteiger partial charge in [0.25, 0.3) is 5.91 Å². The van der Waals surface area contributed by atoms with Crippen molar-refractivity contribution in [2.24, 2.45) is 5.41 Å². The number of fused-ring (bicyclic) bond motifs is 1. The summed E-state index contributed by atoms with van der Waals surface area (Å²) in [5, 5.41) is 10.6. The van der Waals surface area contributed by atoms with Crippen molar-refractivity contribution in [1.82, 2.24) is 4.90 Å². The summed E-state index contributed by atoms with van der Waals surface area (Å²) < 4.78 is 5.40. The molecule has 1 aliphatic heterocycles. The van der Waals surface area contributed by atoms with Crippen LogP contribution in [0.25, 0.3) is 10.4 Å². The third-order valence-corrected chi connectivity index (χ3v) is 7.77. The molecule has 1 amide bonds. The first-order chi connectivity index (χ1) is 14.2. The van der Waals surface area contributed by atoms with Gasteiger partial charge in [-0.05, 0) is 54.9 Å². The average molecular weight is 448 g/mol. The van der Waals surface area contributed by atoms with Gasteiger partial charge in [0, 0.05) is 41.2 Å². The fourth-order valence-corrected chi connectivity index (χ4v) is 6.01. The molecule has 4 rings (SSSR count). The van der Waals surface area contributed by atoms with Crippen LogP contribution >= 0.6 is 22.9 Å². The van der Waals surface area contributed by atoms with Gasteiger partial charge in [0.15, 0.2) is 0 Å². The second-order valence-electron chi connectivity index (χ2n) is 8.94. The molecule has 0 saturated carbocycles. The van der Waals surface area contributed by atoms with Gasteiger partial charge in [-0.15, -0.1) is 11.3 Å². The van der Waals surface area contributed by atoms with Crippen LogP contribution in [0.2, 0.25) is 5.02 Å². The number of carbonyl (C=O) groups excluding carboxylic acids is 1. The monoisotopic (exact) mass is 447 g/mol. The first-order valence-corrected chi connectivity index (χ1v) is 11.4. The van der Waals surface area contributed by atoms with Gasteiger partial charge in [0.05, 0.1) is 16.5 Å². The van der Waals surface area contributed by atoms with Gasteiger partial charge < -0.3 is 14.7 Å². The Labute approximate surface area is 185 Å². The molecule has 2 aliphatic rings. The highest BCUT2D eigenvalue weighted by Crippen LogP contribution is 2.46. The largest absolute Gasteiger partial charge is 0.478 e. The lowest BCUT2D eigenvalue weighted by atomic mass is 9.76. The Balaban J connectivity index is 1.82. The molecular formula is C23H26ClNO4S. The van der Waals surface area contributed by atoms with Crippen LogP contribution in [-0.4, -0.2) is 48.2 Å². The highest BCUT2D eigenvalue weighted by molar-refractivity contribution is 7.16. The summed E-state index contributed by atoms with van der Waals surface area (Å²) in [7, 11) is 1.66. The van der Waals surface area contributed by atoms with E-state index in [-0.39, 0.29) is 17.4 Å². The second-order valence-corrected chi connectivity index (χ2v) is 10.5. The third-order valence-electron chi connectivity index (χ3n) is 6.21. The van der Waals surface area contributed by atoms with Gasteiger partial charge in [-0.3, -0.25) is 4.79 Å². The number of hydrogen-bond donors (Lipinski definition) is 1. The molecule has 1 saturated heterocycles. The second kappa shape index (κ2) is 7.98. The molecular weight excluding hydrogens is 422 g/mol. The van der Waals surface area contributed by atoms with E-state index in [4.69, 9.17) is 16.3 Å². The number of methoxy groups -OCH3 is 1. The SMILES string of the molecule is CO[C@@H]1CCN(C(=O)c2ccc(Cl)cc2-c2sc3c(c2C(=O)O)CC(C)(C)CC3)C1. The molecule has 0 unspecified atom stereocenters. The smallest absolute Gasteiger partial charge is 0.337 e. The summed E-state index contributed by atoms with van der Waals surface area (Å²) in [6, 6.07) is 5.14. The van der Waals surface area contributed by atoms with Crippen LogP contribution < -0.4 is 0 Å². The van der Waals surface area contributed by atoms with E-state index < -0.39 is 5.97 Å². The van der Waals surface area contributed by atoms with Gasteiger partial charge in [0.2, 0.25) is 0 Å². The Morgan fingerprint density at radius 1 is 1.33 bits per heavy atom. The van der Waals surface area contributed by atoms with Gasteiger partial charge in [0.1, 0.15) is 0 Å². The zero-order valence-corrected chi connectivity index (χ0v) is 19.0. The standard InChI is InChI=1S/C23H26ClNO4S/c1-23(2)8-6-18-17(11-23)19(22(27)28)20(30-18)16-10-13(24)4-5-15(16)21(26)25-9-7-14(12-25)29-3/h4-5,10,14H,6-9,11-12H2,1-3H3,(H,27,28)/t14-/m1/s1. The topological polar surface area (TPSA) is 66.8 Å². The summed E-state index contributed by atoms with van der Waals surface area (Å²) in [6.07, 6.45) is 3.45. The molecule has 30 heavy (non-hydrogen) atoms. The number of thiophene rings is 1. The van der Waals surface area contributed by atoms with Crippen molar-refractivity contribution in [3.8, 4) is 10.4 Å². The molecule has 1 fully saturated rings. The predicted octanol–water partition coefficient (Wildman–Crippen LogP) is 5.14. The molecule has 0 spiro atoms. The number of halogens is 1.